The summed E-state index contributed by atoms with van der Waals surface area (Å²) >= 11 is 6.34. The lowest BCUT2D eigenvalue weighted by Crippen LogP contribution is -2.48. The largest absolute Gasteiger partial charge is 0.322 e. The number of carbonyl (C=O) groups is 1. The molecule has 1 atom stereocenters. The second kappa shape index (κ2) is 8.74. The van der Waals surface area contributed by atoms with Crippen LogP contribution in [0, 0.1) is 25.2 Å². The summed E-state index contributed by atoms with van der Waals surface area (Å²) < 4.78 is 0. The van der Waals surface area contributed by atoms with E-state index in [9.17, 15) is 10.1 Å². The highest BCUT2D eigenvalue weighted by atomic mass is 35.5. The third kappa shape index (κ3) is 4.71. The molecule has 3 rings (SSSR count). The normalized spacial score (nSPS) is 17.2. The fourth-order valence-electron chi connectivity index (χ4n) is 3.50. The molecule has 0 unspecified atom stereocenters. The molecule has 1 heterocycles. The van der Waals surface area contributed by atoms with Crippen LogP contribution < -0.4 is 10.6 Å². The van der Waals surface area contributed by atoms with Crippen LogP contribution in [0.2, 0.25) is 5.02 Å². The molecule has 1 saturated heterocycles. The van der Waals surface area contributed by atoms with Gasteiger partial charge in [0.15, 0.2) is 0 Å². The number of nitriles is 1. The van der Waals surface area contributed by atoms with Crippen molar-refractivity contribution in [2.45, 2.75) is 33.4 Å². The summed E-state index contributed by atoms with van der Waals surface area (Å²) in [4.78, 5) is 15.1. The fraction of sp³-hybridized carbons (Fsp3) is 0.364. The van der Waals surface area contributed by atoms with Gasteiger partial charge in [0, 0.05) is 48.5 Å². The van der Waals surface area contributed by atoms with E-state index < -0.39 is 0 Å². The van der Waals surface area contributed by atoms with E-state index in [2.05, 4.69) is 28.5 Å². The van der Waals surface area contributed by atoms with Crippen LogP contribution in [-0.2, 0) is 6.54 Å². The molecule has 1 fully saturated rings. The molecule has 2 N–H and O–H groups in total. The summed E-state index contributed by atoms with van der Waals surface area (Å²) in [5, 5.41) is 16.2. The van der Waals surface area contributed by atoms with Crippen molar-refractivity contribution in [1.82, 2.24) is 10.2 Å². The van der Waals surface area contributed by atoms with Crippen molar-refractivity contribution >= 4 is 23.2 Å². The summed E-state index contributed by atoms with van der Waals surface area (Å²) in [6.45, 7) is 9.77. The molecule has 146 valence electrons. The summed E-state index contributed by atoms with van der Waals surface area (Å²) in [5.74, 6) is -0.247. The second-order valence-electron chi connectivity index (χ2n) is 7.42. The zero-order chi connectivity index (χ0) is 20.3. The Bertz CT molecular complexity index is 935. The van der Waals surface area contributed by atoms with Crippen molar-refractivity contribution in [1.29, 1.82) is 5.26 Å². The van der Waals surface area contributed by atoms with Gasteiger partial charge in [-0.15, -0.1) is 0 Å². The second-order valence-corrected chi connectivity index (χ2v) is 7.86. The molecule has 2 aromatic carbocycles. The molecule has 0 saturated carbocycles. The predicted octanol–water partition coefficient (Wildman–Crippen LogP) is 3.87. The first-order chi connectivity index (χ1) is 13.4. The van der Waals surface area contributed by atoms with E-state index in [1.807, 2.05) is 19.9 Å². The van der Waals surface area contributed by atoms with Gasteiger partial charge in [-0.1, -0.05) is 17.7 Å². The minimum atomic E-state index is -0.247. The molecule has 6 heteroatoms. The number of benzene rings is 2. The Morgan fingerprint density at radius 2 is 2.14 bits per heavy atom. The number of hydrogen-bond donors (Lipinski definition) is 2. The highest BCUT2D eigenvalue weighted by Gasteiger charge is 2.18. The number of nitrogens with one attached hydrogen (secondary N) is 2. The highest BCUT2D eigenvalue weighted by molar-refractivity contribution is 6.31. The molecule has 2 aromatic rings. The maximum Gasteiger partial charge on any atom is 0.255 e. The van der Waals surface area contributed by atoms with Gasteiger partial charge < -0.3 is 10.6 Å². The van der Waals surface area contributed by atoms with Crippen LogP contribution in [0.4, 0.5) is 5.69 Å². The first kappa shape index (κ1) is 20.3. The van der Waals surface area contributed by atoms with E-state index in [1.54, 1.807) is 24.3 Å². The third-order valence-corrected chi connectivity index (χ3v) is 5.41. The maximum absolute atomic E-state index is 12.7. The van der Waals surface area contributed by atoms with Crippen LogP contribution in [0.3, 0.4) is 0 Å². The molecule has 0 aromatic heterocycles. The lowest BCUT2D eigenvalue weighted by Gasteiger charge is -2.32. The zero-order valence-corrected chi connectivity index (χ0v) is 17.2. The standard InChI is InChI=1S/C22H25ClN4O/c1-14-4-5-17(8-18(14)11-24)22(28)26-21-10-20(23)9-19(16(21)3)13-27-7-6-25-15(2)12-27/h4-5,8-10,15,25H,6-7,12-13H2,1-3H3,(H,26,28)/t15-/m0/s1. The van der Waals surface area contributed by atoms with E-state index in [-0.39, 0.29) is 5.91 Å². The fourth-order valence-corrected chi connectivity index (χ4v) is 3.75. The molecule has 0 radical (unpaired) electrons. The zero-order valence-electron chi connectivity index (χ0n) is 16.5. The Morgan fingerprint density at radius 1 is 1.36 bits per heavy atom. The van der Waals surface area contributed by atoms with Crippen molar-refractivity contribution in [2.75, 3.05) is 25.0 Å². The van der Waals surface area contributed by atoms with Crippen molar-refractivity contribution in [3.05, 3.63) is 63.2 Å². The lowest BCUT2D eigenvalue weighted by molar-refractivity contribution is 0.102. The van der Waals surface area contributed by atoms with Gasteiger partial charge in [-0.25, -0.2) is 0 Å². The van der Waals surface area contributed by atoms with E-state index >= 15 is 0 Å². The average Bonchev–Trinajstić information content (AvgIpc) is 2.65. The van der Waals surface area contributed by atoms with Crippen LogP contribution in [0.5, 0.6) is 0 Å². The topological polar surface area (TPSA) is 68.2 Å². The molecule has 28 heavy (non-hydrogen) atoms. The quantitative estimate of drug-likeness (QED) is 0.823. The highest BCUT2D eigenvalue weighted by Crippen LogP contribution is 2.27. The van der Waals surface area contributed by atoms with Gasteiger partial charge in [0.05, 0.1) is 11.6 Å². The molecule has 1 aliphatic heterocycles. The number of halogens is 1. The van der Waals surface area contributed by atoms with Gasteiger partial charge in [0.2, 0.25) is 0 Å². The van der Waals surface area contributed by atoms with Gasteiger partial charge >= 0.3 is 0 Å². The molecule has 1 aliphatic rings. The van der Waals surface area contributed by atoms with Crippen molar-refractivity contribution in [2.24, 2.45) is 0 Å². The minimum absolute atomic E-state index is 0.247. The van der Waals surface area contributed by atoms with Gasteiger partial charge in [-0.05, 0) is 61.7 Å². The van der Waals surface area contributed by atoms with E-state index in [0.29, 0.717) is 27.9 Å². The molecule has 0 spiro atoms. The number of carbonyl (C=O) groups excluding carboxylic acids is 1. The Labute approximate surface area is 171 Å². The van der Waals surface area contributed by atoms with Crippen LogP contribution in [0.15, 0.2) is 30.3 Å². The number of amides is 1. The number of anilines is 1. The number of nitrogens with zero attached hydrogens (tertiary/aromatic N) is 2. The minimum Gasteiger partial charge on any atom is -0.322 e. The smallest absolute Gasteiger partial charge is 0.255 e. The third-order valence-electron chi connectivity index (χ3n) is 5.20. The molecule has 0 aliphatic carbocycles. The van der Waals surface area contributed by atoms with E-state index in [1.165, 1.54) is 0 Å². The number of aryl methyl sites for hydroxylation is 1. The van der Waals surface area contributed by atoms with Crippen molar-refractivity contribution in [3.63, 3.8) is 0 Å². The number of piperazine rings is 1. The summed E-state index contributed by atoms with van der Waals surface area (Å²) in [7, 11) is 0. The first-order valence-electron chi connectivity index (χ1n) is 9.44. The van der Waals surface area contributed by atoms with E-state index in [4.69, 9.17) is 11.6 Å². The molecule has 1 amide bonds. The molecule has 5 nitrogen and oxygen atoms in total. The number of hydrogen-bond acceptors (Lipinski definition) is 4. The van der Waals surface area contributed by atoms with Gasteiger partial charge in [-0.2, -0.15) is 5.26 Å². The first-order valence-corrected chi connectivity index (χ1v) is 9.82. The van der Waals surface area contributed by atoms with Gasteiger partial charge in [-0.3, -0.25) is 9.69 Å². The van der Waals surface area contributed by atoms with Crippen molar-refractivity contribution < 1.29 is 4.79 Å². The SMILES string of the molecule is Cc1ccc(C(=O)Nc2cc(Cl)cc(CN3CCN[C@@H](C)C3)c2C)cc1C#N. The average molecular weight is 397 g/mol. The molecular formula is C22H25ClN4O. The molecule has 0 bridgehead atoms. The molecular weight excluding hydrogens is 372 g/mol. The van der Waals surface area contributed by atoms with Crippen LogP contribution in [0.1, 0.15) is 39.5 Å². The van der Waals surface area contributed by atoms with Gasteiger partial charge in [0.1, 0.15) is 0 Å². The Morgan fingerprint density at radius 3 is 2.86 bits per heavy atom. The van der Waals surface area contributed by atoms with Crippen LogP contribution in [-0.4, -0.2) is 36.5 Å². The summed E-state index contributed by atoms with van der Waals surface area (Å²) in [6, 6.07) is 11.5. The monoisotopic (exact) mass is 396 g/mol. The summed E-state index contributed by atoms with van der Waals surface area (Å²) in [5.41, 5.74) is 4.64. The van der Waals surface area contributed by atoms with Crippen LogP contribution in [0.25, 0.3) is 0 Å². The Kier molecular flexibility index (Phi) is 6.35. The van der Waals surface area contributed by atoms with Gasteiger partial charge in [0.25, 0.3) is 5.91 Å². The van der Waals surface area contributed by atoms with Crippen LogP contribution >= 0.6 is 11.6 Å². The summed E-state index contributed by atoms with van der Waals surface area (Å²) in [6.07, 6.45) is 0. The Hall–Kier alpha value is -2.39. The lowest BCUT2D eigenvalue weighted by atomic mass is 10.0. The number of rotatable bonds is 4. The van der Waals surface area contributed by atoms with E-state index in [0.717, 1.165) is 42.9 Å². The predicted molar refractivity (Wildman–Crippen MR) is 113 cm³/mol. The maximum atomic E-state index is 12.7. The Balaban J connectivity index is 1.81. The van der Waals surface area contributed by atoms with Crippen molar-refractivity contribution in [3.8, 4) is 6.07 Å².